The Morgan fingerprint density at radius 1 is 1.14 bits per heavy atom. The van der Waals surface area contributed by atoms with Gasteiger partial charge in [0.15, 0.2) is 0 Å². The molecule has 0 fully saturated rings. The van der Waals surface area contributed by atoms with E-state index in [2.05, 4.69) is 31.2 Å². The average Bonchev–Trinajstić information content (AvgIpc) is 2.02. The third-order valence-electron chi connectivity index (χ3n) is 2.12. The van der Waals surface area contributed by atoms with E-state index in [1.54, 1.807) is 7.11 Å². The molecule has 0 aliphatic carbocycles. The molecule has 14 heavy (non-hydrogen) atoms. The van der Waals surface area contributed by atoms with Crippen molar-refractivity contribution in [3.63, 3.8) is 0 Å². The maximum Gasteiger partial charge on any atom is 0.335 e. The van der Waals surface area contributed by atoms with Crippen molar-refractivity contribution < 1.29 is 8.85 Å². The molecule has 5 heteroatoms. The molecule has 0 aliphatic heterocycles. The first-order valence-corrected chi connectivity index (χ1v) is 11.3. The Labute approximate surface area is 90.5 Å². The molecule has 1 N–H and O–H groups in total. The second kappa shape index (κ2) is 6.02. The molecule has 0 radical (unpaired) electrons. The molecule has 0 saturated carbocycles. The fourth-order valence-corrected chi connectivity index (χ4v) is 3.98. The monoisotopic (exact) mass is 235 g/mol. The largest absolute Gasteiger partial charge is 0.398 e. The van der Waals surface area contributed by atoms with E-state index < -0.39 is 16.8 Å². The molecule has 0 aromatic carbocycles. The summed E-state index contributed by atoms with van der Waals surface area (Å²) in [6.07, 6.45) is 0. The first-order chi connectivity index (χ1) is 6.33. The normalized spacial score (nSPS) is 16.7. The van der Waals surface area contributed by atoms with Gasteiger partial charge >= 0.3 is 8.56 Å². The molecule has 0 amide bonds. The summed E-state index contributed by atoms with van der Waals surface area (Å²) in [6, 6.07) is 1.03. The van der Waals surface area contributed by atoms with Gasteiger partial charge in [-0.2, -0.15) is 0 Å². The topological polar surface area (TPSA) is 30.5 Å². The van der Waals surface area contributed by atoms with E-state index in [9.17, 15) is 0 Å². The molecule has 0 aromatic rings. The van der Waals surface area contributed by atoms with Gasteiger partial charge in [-0.05, 0) is 20.0 Å². The Morgan fingerprint density at radius 2 is 1.71 bits per heavy atom. The van der Waals surface area contributed by atoms with Crippen LogP contribution < -0.4 is 4.98 Å². The van der Waals surface area contributed by atoms with Gasteiger partial charge in [-0.3, -0.25) is 0 Å². The lowest BCUT2D eigenvalue weighted by molar-refractivity contribution is 0.215. The standard InChI is InChI=1S/C9H25NO2Si2/c1-7-12-14(6,11-2)9-8-10-13(3,4)5/h10H,7-9H2,1-6H3. The average molecular weight is 235 g/mol. The van der Waals surface area contributed by atoms with Crippen molar-refractivity contribution in [1.82, 2.24) is 4.98 Å². The first-order valence-electron chi connectivity index (χ1n) is 5.27. The highest BCUT2D eigenvalue weighted by molar-refractivity contribution is 6.73. The van der Waals surface area contributed by atoms with E-state index in [1.165, 1.54) is 0 Å². The lowest BCUT2D eigenvalue weighted by atomic mass is 10.8. The summed E-state index contributed by atoms with van der Waals surface area (Å²) >= 11 is 0. The quantitative estimate of drug-likeness (QED) is 0.686. The van der Waals surface area contributed by atoms with Crippen LogP contribution in [0.25, 0.3) is 0 Å². The Morgan fingerprint density at radius 3 is 2.07 bits per heavy atom. The molecule has 86 valence electrons. The highest BCUT2D eigenvalue weighted by Crippen LogP contribution is 2.11. The van der Waals surface area contributed by atoms with Crippen LogP contribution in [0.5, 0.6) is 0 Å². The lowest BCUT2D eigenvalue weighted by Gasteiger charge is -2.26. The number of nitrogens with one attached hydrogen (secondary N) is 1. The van der Waals surface area contributed by atoms with E-state index in [0.717, 1.165) is 19.2 Å². The predicted molar refractivity (Wildman–Crippen MR) is 66.4 cm³/mol. The fraction of sp³-hybridized carbons (Fsp3) is 1.00. The maximum atomic E-state index is 5.69. The number of hydrogen-bond donors (Lipinski definition) is 1. The minimum absolute atomic E-state index is 0.753. The van der Waals surface area contributed by atoms with Crippen LogP contribution in [0.1, 0.15) is 6.92 Å². The molecule has 0 aliphatic rings. The molecule has 0 rings (SSSR count). The number of hydrogen-bond acceptors (Lipinski definition) is 3. The minimum Gasteiger partial charge on any atom is -0.398 e. The molecule has 0 saturated heterocycles. The zero-order valence-electron chi connectivity index (χ0n) is 10.4. The smallest absolute Gasteiger partial charge is 0.335 e. The molecule has 0 spiro atoms. The van der Waals surface area contributed by atoms with Gasteiger partial charge < -0.3 is 13.8 Å². The Bertz CT molecular complexity index is 161. The Balaban J connectivity index is 3.84. The van der Waals surface area contributed by atoms with Gasteiger partial charge in [-0.25, -0.2) is 0 Å². The molecule has 0 aromatic heterocycles. The van der Waals surface area contributed by atoms with Gasteiger partial charge in [0, 0.05) is 19.8 Å². The van der Waals surface area contributed by atoms with Crippen LogP contribution in [-0.2, 0) is 8.85 Å². The Kier molecular flexibility index (Phi) is 6.15. The van der Waals surface area contributed by atoms with Gasteiger partial charge in [0.05, 0.1) is 0 Å². The molecule has 0 bridgehead atoms. The van der Waals surface area contributed by atoms with Gasteiger partial charge in [0.2, 0.25) is 0 Å². The van der Waals surface area contributed by atoms with Crippen molar-refractivity contribution in [2.24, 2.45) is 0 Å². The van der Waals surface area contributed by atoms with Gasteiger partial charge in [0.25, 0.3) is 0 Å². The molecule has 0 heterocycles. The van der Waals surface area contributed by atoms with Crippen molar-refractivity contribution >= 4 is 16.8 Å². The van der Waals surface area contributed by atoms with Crippen LogP contribution in [0.15, 0.2) is 0 Å². The summed E-state index contributed by atoms with van der Waals surface area (Å²) < 4.78 is 11.2. The fourth-order valence-electron chi connectivity index (χ4n) is 1.20. The predicted octanol–water partition coefficient (Wildman–Crippen LogP) is 2.17. The van der Waals surface area contributed by atoms with Crippen molar-refractivity contribution in [1.29, 1.82) is 0 Å². The minimum atomic E-state index is -1.86. The maximum absolute atomic E-state index is 5.69. The summed E-state index contributed by atoms with van der Waals surface area (Å²) in [7, 11) is -1.23. The number of rotatable bonds is 7. The molecular weight excluding hydrogens is 210 g/mol. The third kappa shape index (κ3) is 6.72. The van der Waals surface area contributed by atoms with E-state index >= 15 is 0 Å². The lowest BCUT2D eigenvalue weighted by Crippen LogP contribution is -2.46. The van der Waals surface area contributed by atoms with Gasteiger partial charge in [-0.1, -0.05) is 19.6 Å². The van der Waals surface area contributed by atoms with E-state index in [0.29, 0.717) is 0 Å². The summed E-state index contributed by atoms with van der Waals surface area (Å²) in [5.74, 6) is 0. The highest BCUT2D eigenvalue weighted by atomic mass is 28.4. The zero-order chi connectivity index (χ0) is 11.2. The second-order valence-electron chi connectivity index (χ2n) is 4.70. The summed E-state index contributed by atoms with van der Waals surface area (Å²) in [5, 5.41) is 0. The van der Waals surface area contributed by atoms with Crippen LogP contribution in [-0.4, -0.2) is 37.1 Å². The highest BCUT2D eigenvalue weighted by Gasteiger charge is 2.29. The van der Waals surface area contributed by atoms with Crippen molar-refractivity contribution in [2.45, 2.75) is 39.2 Å². The van der Waals surface area contributed by atoms with Crippen LogP contribution >= 0.6 is 0 Å². The van der Waals surface area contributed by atoms with E-state index in [1.807, 2.05) is 6.92 Å². The molecule has 1 unspecified atom stereocenters. The zero-order valence-corrected chi connectivity index (χ0v) is 12.4. The molecule has 1 atom stereocenters. The van der Waals surface area contributed by atoms with Crippen molar-refractivity contribution in [3.8, 4) is 0 Å². The Hall–Kier alpha value is 0.314. The third-order valence-corrected chi connectivity index (χ3v) is 6.35. The second-order valence-corrected chi connectivity index (χ2v) is 13.0. The van der Waals surface area contributed by atoms with Gasteiger partial charge in [-0.15, -0.1) is 0 Å². The van der Waals surface area contributed by atoms with Crippen LogP contribution in [0.2, 0.25) is 32.2 Å². The van der Waals surface area contributed by atoms with Crippen LogP contribution in [0.3, 0.4) is 0 Å². The van der Waals surface area contributed by atoms with Gasteiger partial charge in [0.1, 0.15) is 8.24 Å². The summed E-state index contributed by atoms with van der Waals surface area (Å²) in [5.41, 5.74) is 0. The summed E-state index contributed by atoms with van der Waals surface area (Å²) in [6.45, 7) is 12.8. The molecule has 3 nitrogen and oxygen atoms in total. The van der Waals surface area contributed by atoms with Crippen molar-refractivity contribution in [3.05, 3.63) is 0 Å². The SMILES string of the molecule is CCO[Si](C)(CCN[Si](C)(C)C)OC. The van der Waals surface area contributed by atoms with Crippen LogP contribution in [0, 0.1) is 0 Å². The molecular formula is C9H25NO2Si2. The van der Waals surface area contributed by atoms with E-state index in [-0.39, 0.29) is 0 Å². The summed E-state index contributed by atoms with van der Waals surface area (Å²) in [4.78, 5) is 3.58. The van der Waals surface area contributed by atoms with Crippen LogP contribution in [0.4, 0.5) is 0 Å². The van der Waals surface area contributed by atoms with Crippen molar-refractivity contribution in [2.75, 3.05) is 20.3 Å². The van der Waals surface area contributed by atoms with E-state index in [4.69, 9.17) is 8.85 Å². The first kappa shape index (κ1) is 14.3.